The Morgan fingerprint density at radius 2 is 2.16 bits per heavy atom. The molecule has 0 aliphatic carbocycles. The van der Waals surface area contributed by atoms with Gasteiger partial charge in [0.2, 0.25) is 0 Å². The van der Waals surface area contributed by atoms with Crippen molar-refractivity contribution in [2.45, 2.75) is 31.0 Å². The molecule has 1 atom stereocenters. The van der Waals surface area contributed by atoms with Crippen LogP contribution in [-0.4, -0.2) is 33.5 Å². The molecule has 0 saturated heterocycles. The van der Waals surface area contributed by atoms with E-state index >= 15 is 0 Å². The maximum atomic E-state index is 11.9. The zero-order valence-electron chi connectivity index (χ0n) is 10.5. The van der Waals surface area contributed by atoms with E-state index in [-0.39, 0.29) is 11.7 Å². The summed E-state index contributed by atoms with van der Waals surface area (Å²) in [5, 5.41) is 9.37. The van der Waals surface area contributed by atoms with E-state index < -0.39 is 23.5 Å². The van der Waals surface area contributed by atoms with Gasteiger partial charge in [0.05, 0.1) is 16.7 Å². The number of ether oxygens (including phenoxy) is 1. The topological polar surface area (TPSA) is 85.6 Å². The Hall–Kier alpha value is -1.76. The number of aromatic carboxylic acids is 1. The summed E-state index contributed by atoms with van der Waals surface area (Å²) in [6.07, 6.45) is -0.254. The van der Waals surface area contributed by atoms with Gasteiger partial charge >= 0.3 is 11.9 Å². The summed E-state index contributed by atoms with van der Waals surface area (Å²) in [5.74, 6) is -1.25. The molecular formula is C12H13NO5S. The molecule has 0 radical (unpaired) electrons. The lowest BCUT2D eigenvalue weighted by Gasteiger charge is -2.15. The second kappa shape index (κ2) is 5.08. The fourth-order valence-electron chi connectivity index (χ4n) is 1.82. The Labute approximate surface area is 113 Å². The van der Waals surface area contributed by atoms with Crippen molar-refractivity contribution in [1.29, 1.82) is 0 Å². The van der Waals surface area contributed by atoms with Gasteiger partial charge in [0.1, 0.15) is 6.04 Å². The molecule has 1 aromatic rings. The van der Waals surface area contributed by atoms with E-state index in [1.165, 1.54) is 22.4 Å². The highest BCUT2D eigenvalue weighted by molar-refractivity contribution is 7.99. The van der Waals surface area contributed by atoms with Gasteiger partial charge in [-0.2, -0.15) is 0 Å². The molecule has 1 unspecified atom stereocenters. The summed E-state index contributed by atoms with van der Waals surface area (Å²) in [7, 11) is 0. The first-order valence-corrected chi connectivity index (χ1v) is 6.72. The number of carboxylic acid groups (broad SMARTS) is 1. The highest BCUT2D eigenvalue weighted by atomic mass is 32.2. The van der Waals surface area contributed by atoms with Crippen LogP contribution in [0, 0.1) is 0 Å². The number of aromatic nitrogens is 1. The maximum Gasteiger partial charge on any atom is 0.335 e. The van der Waals surface area contributed by atoms with Crippen molar-refractivity contribution in [1.82, 2.24) is 4.57 Å². The van der Waals surface area contributed by atoms with Crippen LogP contribution in [0.2, 0.25) is 0 Å². The third-order valence-electron chi connectivity index (χ3n) is 2.60. The van der Waals surface area contributed by atoms with E-state index in [1.807, 2.05) is 0 Å². The number of pyridine rings is 1. The van der Waals surface area contributed by atoms with Crippen LogP contribution in [0.25, 0.3) is 0 Å². The van der Waals surface area contributed by atoms with E-state index in [0.29, 0.717) is 10.8 Å². The summed E-state index contributed by atoms with van der Waals surface area (Å²) < 4.78 is 6.39. The molecule has 1 N–H and O–H groups in total. The number of carbonyl (C=O) groups excluding carboxylic acids is 1. The number of carboxylic acids is 1. The minimum Gasteiger partial charge on any atom is -0.478 e. The molecule has 0 amide bonds. The normalized spacial score (nSPS) is 17.3. The van der Waals surface area contributed by atoms with Crippen LogP contribution in [0.5, 0.6) is 0 Å². The van der Waals surface area contributed by atoms with Gasteiger partial charge < -0.3 is 9.84 Å². The molecule has 2 heterocycles. The first-order chi connectivity index (χ1) is 8.90. The van der Waals surface area contributed by atoms with Crippen LogP contribution >= 0.6 is 11.8 Å². The minimum absolute atomic E-state index is 0.0679. The van der Waals surface area contributed by atoms with Gasteiger partial charge in [-0.1, -0.05) is 0 Å². The largest absolute Gasteiger partial charge is 0.478 e. The Morgan fingerprint density at radius 3 is 2.74 bits per heavy atom. The van der Waals surface area contributed by atoms with Gasteiger partial charge in [0, 0.05) is 11.8 Å². The second-order valence-electron chi connectivity index (χ2n) is 4.41. The van der Waals surface area contributed by atoms with Gasteiger partial charge in [-0.3, -0.25) is 9.36 Å². The standard InChI is InChI=1S/C12H13NO5S/c1-6(2)18-12(17)8-5-19-10-4-7(11(15)16)3-9(14)13(8)10/h3-4,6,8H,5H2,1-2H3,(H,15,16). The second-order valence-corrected chi connectivity index (χ2v) is 5.45. The molecule has 0 bridgehead atoms. The Balaban J connectivity index is 2.38. The van der Waals surface area contributed by atoms with Gasteiger partial charge in [-0.25, -0.2) is 9.59 Å². The molecular weight excluding hydrogens is 270 g/mol. The average molecular weight is 283 g/mol. The van der Waals surface area contributed by atoms with Crippen LogP contribution in [0.1, 0.15) is 30.2 Å². The molecule has 1 aliphatic heterocycles. The molecule has 0 fully saturated rings. The quantitative estimate of drug-likeness (QED) is 0.837. The van der Waals surface area contributed by atoms with E-state index in [2.05, 4.69) is 0 Å². The van der Waals surface area contributed by atoms with Crippen LogP contribution in [0.15, 0.2) is 22.0 Å². The van der Waals surface area contributed by atoms with Crippen LogP contribution in [0.4, 0.5) is 0 Å². The number of esters is 1. The summed E-state index contributed by atoms with van der Waals surface area (Å²) in [6.45, 7) is 3.47. The number of fused-ring (bicyclic) bond motifs is 1. The van der Waals surface area contributed by atoms with Crippen molar-refractivity contribution in [2.75, 3.05) is 5.75 Å². The molecule has 7 heteroatoms. The lowest BCUT2D eigenvalue weighted by molar-refractivity contribution is -0.150. The smallest absolute Gasteiger partial charge is 0.335 e. The molecule has 2 rings (SSSR count). The van der Waals surface area contributed by atoms with Crippen LogP contribution in [0.3, 0.4) is 0 Å². The third kappa shape index (κ3) is 2.65. The highest BCUT2D eigenvalue weighted by Crippen LogP contribution is 2.32. The Kier molecular flexibility index (Phi) is 3.66. The van der Waals surface area contributed by atoms with Crippen LogP contribution in [-0.2, 0) is 9.53 Å². The molecule has 0 saturated carbocycles. The molecule has 1 aromatic heterocycles. The number of rotatable bonds is 3. The average Bonchev–Trinajstić information content (AvgIpc) is 2.72. The van der Waals surface area contributed by atoms with Crippen molar-refractivity contribution < 1.29 is 19.4 Å². The van der Waals surface area contributed by atoms with E-state index in [1.54, 1.807) is 13.8 Å². The lowest BCUT2D eigenvalue weighted by atomic mass is 10.2. The van der Waals surface area contributed by atoms with Crippen molar-refractivity contribution in [3.05, 3.63) is 28.0 Å². The molecule has 1 aliphatic rings. The molecule has 6 nitrogen and oxygen atoms in total. The summed E-state index contributed by atoms with van der Waals surface area (Å²) >= 11 is 1.28. The number of hydrogen-bond donors (Lipinski definition) is 1. The van der Waals surface area contributed by atoms with E-state index in [0.717, 1.165) is 6.07 Å². The van der Waals surface area contributed by atoms with Gasteiger partial charge in [-0.05, 0) is 19.9 Å². The molecule has 102 valence electrons. The Bertz CT molecular complexity index is 592. The van der Waals surface area contributed by atoms with Crippen molar-refractivity contribution >= 4 is 23.7 Å². The minimum atomic E-state index is -1.16. The predicted molar refractivity (Wildman–Crippen MR) is 68.7 cm³/mol. The van der Waals surface area contributed by atoms with Gasteiger partial charge in [-0.15, -0.1) is 11.8 Å². The van der Waals surface area contributed by atoms with Gasteiger partial charge in [0.15, 0.2) is 0 Å². The van der Waals surface area contributed by atoms with Crippen molar-refractivity contribution in [3.63, 3.8) is 0 Å². The van der Waals surface area contributed by atoms with E-state index in [9.17, 15) is 14.4 Å². The number of hydrogen-bond acceptors (Lipinski definition) is 5. The highest BCUT2D eigenvalue weighted by Gasteiger charge is 2.32. The summed E-state index contributed by atoms with van der Waals surface area (Å²) in [4.78, 5) is 34.7. The fourth-order valence-corrected chi connectivity index (χ4v) is 3.00. The summed E-state index contributed by atoms with van der Waals surface area (Å²) in [6, 6.07) is 1.74. The zero-order valence-corrected chi connectivity index (χ0v) is 11.3. The fraction of sp³-hybridized carbons (Fsp3) is 0.417. The number of carbonyl (C=O) groups is 2. The van der Waals surface area contributed by atoms with Crippen molar-refractivity contribution in [2.24, 2.45) is 0 Å². The maximum absolute atomic E-state index is 11.9. The first-order valence-electron chi connectivity index (χ1n) is 5.73. The third-order valence-corrected chi connectivity index (χ3v) is 3.70. The van der Waals surface area contributed by atoms with Crippen LogP contribution < -0.4 is 5.56 Å². The SMILES string of the molecule is CC(C)OC(=O)C1CSc2cc(C(=O)O)cc(=O)n21. The zero-order chi connectivity index (χ0) is 14.2. The predicted octanol–water partition coefficient (Wildman–Crippen LogP) is 1.14. The number of thioether (sulfide) groups is 1. The Morgan fingerprint density at radius 1 is 1.47 bits per heavy atom. The lowest BCUT2D eigenvalue weighted by Crippen LogP contribution is -2.31. The molecule has 0 aromatic carbocycles. The number of nitrogens with zero attached hydrogens (tertiary/aromatic N) is 1. The van der Waals surface area contributed by atoms with E-state index in [4.69, 9.17) is 9.84 Å². The van der Waals surface area contributed by atoms with Gasteiger partial charge in [0.25, 0.3) is 5.56 Å². The first kappa shape index (κ1) is 13.7. The molecule has 19 heavy (non-hydrogen) atoms. The summed E-state index contributed by atoms with van der Waals surface area (Å²) in [5.41, 5.74) is -0.563. The monoisotopic (exact) mass is 283 g/mol. The molecule has 0 spiro atoms. The van der Waals surface area contributed by atoms with Crippen molar-refractivity contribution in [3.8, 4) is 0 Å².